The average molecular weight is 289 g/mol. The van der Waals surface area contributed by atoms with Crippen LogP contribution in [-0.4, -0.2) is 22.3 Å². The molecule has 6 heteroatoms. The number of oxime groups is 1. The minimum atomic E-state index is 0.0185. The maximum Gasteiger partial charge on any atom is 0.175 e. The molecule has 0 aliphatic rings. The van der Waals surface area contributed by atoms with Crippen molar-refractivity contribution in [2.75, 3.05) is 6.26 Å². The van der Waals surface area contributed by atoms with Crippen molar-refractivity contribution in [2.45, 2.75) is 11.8 Å². The molecule has 0 bridgehead atoms. The lowest BCUT2D eigenvalue weighted by Crippen LogP contribution is -2.15. The van der Waals surface area contributed by atoms with Crippen molar-refractivity contribution in [3.05, 3.63) is 47.8 Å². The molecule has 0 unspecified atom stereocenters. The van der Waals surface area contributed by atoms with Gasteiger partial charge in [0.1, 0.15) is 11.5 Å². The van der Waals surface area contributed by atoms with Gasteiger partial charge in [-0.1, -0.05) is 11.2 Å². The topological polar surface area (TPSA) is 80.7 Å². The zero-order valence-corrected chi connectivity index (χ0v) is 12.0. The lowest BCUT2D eigenvalue weighted by atomic mass is 10.2. The van der Waals surface area contributed by atoms with Gasteiger partial charge in [-0.25, -0.2) is 0 Å². The third-order valence-electron chi connectivity index (χ3n) is 2.68. The standard InChI is InChI=1S/C14H15N3O2S/c1-9-6-7-10(8-16-9)19-11-4-3-5-12(20-2)13(11)14(15)17-18/h3-8,18H,1-2H3,(H2,15,17). The van der Waals surface area contributed by atoms with Crippen LogP contribution in [0.4, 0.5) is 0 Å². The molecule has 0 saturated heterocycles. The lowest BCUT2D eigenvalue weighted by molar-refractivity contribution is 0.318. The van der Waals surface area contributed by atoms with Gasteiger partial charge in [0.05, 0.1) is 11.8 Å². The number of hydrogen-bond acceptors (Lipinski definition) is 5. The number of ether oxygens (including phenoxy) is 1. The van der Waals surface area contributed by atoms with E-state index in [1.165, 1.54) is 11.8 Å². The van der Waals surface area contributed by atoms with Gasteiger partial charge in [0.15, 0.2) is 5.84 Å². The van der Waals surface area contributed by atoms with Gasteiger partial charge >= 0.3 is 0 Å². The van der Waals surface area contributed by atoms with E-state index in [9.17, 15) is 0 Å². The summed E-state index contributed by atoms with van der Waals surface area (Å²) in [6.07, 6.45) is 3.55. The quantitative estimate of drug-likeness (QED) is 0.297. The van der Waals surface area contributed by atoms with Crippen LogP contribution in [-0.2, 0) is 0 Å². The maximum absolute atomic E-state index is 8.92. The van der Waals surface area contributed by atoms with E-state index in [2.05, 4.69) is 10.1 Å². The minimum absolute atomic E-state index is 0.0185. The zero-order valence-electron chi connectivity index (χ0n) is 11.2. The number of benzene rings is 1. The first kappa shape index (κ1) is 14.2. The van der Waals surface area contributed by atoms with Gasteiger partial charge in [-0.05, 0) is 37.4 Å². The second-order valence-corrected chi connectivity index (χ2v) is 4.90. The van der Waals surface area contributed by atoms with E-state index >= 15 is 0 Å². The number of hydrogen-bond donors (Lipinski definition) is 2. The van der Waals surface area contributed by atoms with Gasteiger partial charge < -0.3 is 15.7 Å². The van der Waals surface area contributed by atoms with Crippen molar-refractivity contribution < 1.29 is 9.94 Å². The summed E-state index contributed by atoms with van der Waals surface area (Å²) in [5, 5.41) is 12.0. The van der Waals surface area contributed by atoms with E-state index < -0.39 is 0 Å². The van der Waals surface area contributed by atoms with Crippen LogP contribution in [0.1, 0.15) is 11.3 Å². The van der Waals surface area contributed by atoms with Crippen molar-refractivity contribution in [3.8, 4) is 11.5 Å². The molecule has 1 aromatic heterocycles. The van der Waals surface area contributed by atoms with E-state index in [-0.39, 0.29) is 5.84 Å². The number of aryl methyl sites for hydroxylation is 1. The summed E-state index contributed by atoms with van der Waals surface area (Å²) < 4.78 is 5.78. The summed E-state index contributed by atoms with van der Waals surface area (Å²) in [4.78, 5) is 5.04. The van der Waals surface area contributed by atoms with Crippen LogP contribution >= 0.6 is 11.8 Å². The predicted molar refractivity (Wildman–Crippen MR) is 79.8 cm³/mol. The molecule has 0 saturated carbocycles. The van der Waals surface area contributed by atoms with Gasteiger partial charge in [0.25, 0.3) is 0 Å². The summed E-state index contributed by atoms with van der Waals surface area (Å²) in [6, 6.07) is 9.20. The normalized spacial score (nSPS) is 11.4. The summed E-state index contributed by atoms with van der Waals surface area (Å²) >= 11 is 1.50. The molecule has 5 nitrogen and oxygen atoms in total. The highest BCUT2D eigenvalue weighted by atomic mass is 32.2. The highest BCUT2D eigenvalue weighted by molar-refractivity contribution is 7.98. The number of pyridine rings is 1. The predicted octanol–water partition coefficient (Wildman–Crippen LogP) is 3.00. The Morgan fingerprint density at radius 2 is 2.15 bits per heavy atom. The fraction of sp³-hybridized carbons (Fsp3) is 0.143. The van der Waals surface area contributed by atoms with Crippen molar-refractivity contribution in [1.82, 2.24) is 4.98 Å². The molecular weight excluding hydrogens is 274 g/mol. The number of nitrogens with zero attached hydrogens (tertiary/aromatic N) is 2. The van der Waals surface area contributed by atoms with E-state index in [1.807, 2.05) is 37.4 Å². The SMILES string of the molecule is CSc1cccc(Oc2ccc(C)nc2)c1/C(N)=N/O. The smallest absolute Gasteiger partial charge is 0.175 e. The van der Waals surface area contributed by atoms with Crippen LogP contribution in [0.25, 0.3) is 0 Å². The first-order chi connectivity index (χ1) is 9.65. The van der Waals surface area contributed by atoms with Crippen molar-refractivity contribution in [1.29, 1.82) is 0 Å². The molecule has 1 aromatic carbocycles. The Hall–Kier alpha value is -2.21. The molecular formula is C14H15N3O2S. The maximum atomic E-state index is 8.92. The Morgan fingerprint density at radius 3 is 2.75 bits per heavy atom. The van der Waals surface area contributed by atoms with Crippen LogP contribution in [0, 0.1) is 6.92 Å². The summed E-state index contributed by atoms with van der Waals surface area (Å²) in [5.74, 6) is 1.14. The molecule has 0 fully saturated rings. The number of amidine groups is 1. The summed E-state index contributed by atoms with van der Waals surface area (Å²) in [6.45, 7) is 1.90. The molecule has 0 radical (unpaired) electrons. The molecule has 2 rings (SSSR count). The molecule has 2 aromatic rings. The van der Waals surface area contributed by atoms with Crippen molar-refractivity contribution >= 4 is 17.6 Å². The van der Waals surface area contributed by atoms with E-state index in [1.54, 1.807) is 12.3 Å². The molecule has 20 heavy (non-hydrogen) atoms. The Kier molecular flexibility index (Phi) is 4.47. The molecule has 0 atom stereocenters. The Bertz CT molecular complexity index is 627. The molecule has 0 aliphatic heterocycles. The largest absolute Gasteiger partial charge is 0.455 e. The minimum Gasteiger partial charge on any atom is -0.455 e. The van der Waals surface area contributed by atoms with Crippen molar-refractivity contribution in [2.24, 2.45) is 10.9 Å². The lowest BCUT2D eigenvalue weighted by Gasteiger charge is -2.13. The van der Waals surface area contributed by atoms with Crippen LogP contribution in [0.3, 0.4) is 0 Å². The fourth-order valence-electron chi connectivity index (χ4n) is 1.71. The monoisotopic (exact) mass is 289 g/mol. The Labute approximate surface area is 121 Å². The third kappa shape index (κ3) is 3.03. The average Bonchev–Trinajstić information content (AvgIpc) is 2.48. The number of aromatic nitrogens is 1. The van der Waals surface area contributed by atoms with E-state index in [4.69, 9.17) is 15.7 Å². The summed E-state index contributed by atoms with van der Waals surface area (Å²) in [5.41, 5.74) is 7.22. The van der Waals surface area contributed by atoms with Gasteiger partial charge in [-0.2, -0.15) is 0 Å². The molecule has 0 amide bonds. The second-order valence-electron chi connectivity index (χ2n) is 4.06. The number of thioether (sulfide) groups is 1. The summed E-state index contributed by atoms with van der Waals surface area (Å²) in [7, 11) is 0. The third-order valence-corrected chi connectivity index (χ3v) is 3.46. The number of nitrogens with two attached hydrogens (primary N) is 1. The zero-order chi connectivity index (χ0) is 14.5. The van der Waals surface area contributed by atoms with Crippen molar-refractivity contribution in [3.63, 3.8) is 0 Å². The van der Waals surface area contributed by atoms with Gasteiger partial charge in [0, 0.05) is 10.6 Å². The fourth-order valence-corrected chi connectivity index (χ4v) is 2.33. The van der Waals surface area contributed by atoms with Gasteiger partial charge in [-0.3, -0.25) is 4.98 Å². The second kappa shape index (κ2) is 6.29. The van der Waals surface area contributed by atoms with Crippen LogP contribution in [0.15, 0.2) is 46.6 Å². The molecule has 104 valence electrons. The highest BCUT2D eigenvalue weighted by Gasteiger charge is 2.14. The molecule has 1 heterocycles. The first-order valence-corrected chi connectivity index (χ1v) is 7.13. The first-order valence-electron chi connectivity index (χ1n) is 5.91. The molecule has 0 spiro atoms. The Morgan fingerprint density at radius 1 is 1.35 bits per heavy atom. The van der Waals surface area contributed by atoms with Gasteiger partial charge in [-0.15, -0.1) is 11.8 Å². The van der Waals surface area contributed by atoms with Crippen LogP contribution < -0.4 is 10.5 Å². The molecule has 3 N–H and O–H groups in total. The van der Waals surface area contributed by atoms with Gasteiger partial charge in [0.2, 0.25) is 0 Å². The highest BCUT2D eigenvalue weighted by Crippen LogP contribution is 2.31. The van der Waals surface area contributed by atoms with Crippen LogP contribution in [0.5, 0.6) is 11.5 Å². The van der Waals surface area contributed by atoms with E-state index in [0.717, 1.165) is 10.6 Å². The molecule has 0 aliphatic carbocycles. The number of rotatable bonds is 4. The Balaban J connectivity index is 2.43. The van der Waals surface area contributed by atoms with E-state index in [0.29, 0.717) is 17.1 Å². The van der Waals surface area contributed by atoms with Crippen LogP contribution in [0.2, 0.25) is 0 Å².